The number of carbonyl (C=O) groups excluding carboxylic acids is 1. The van der Waals surface area contributed by atoms with Gasteiger partial charge in [0.05, 0.1) is 4.90 Å². The molecule has 0 aliphatic carbocycles. The molecule has 0 unspecified atom stereocenters. The fraction of sp³-hybridized carbons (Fsp3) is 0.350. The van der Waals surface area contributed by atoms with Crippen molar-refractivity contribution in [3.8, 4) is 0 Å². The van der Waals surface area contributed by atoms with Gasteiger partial charge in [-0.2, -0.15) is 4.31 Å². The van der Waals surface area contributed by atoms with Gasteiger partial charge in [0.2, 0.25) is 10.0 Å². The molecule has 27 heavy (non-hydrogen) atoms. The highest BCUT2D eigenvalue weighted by Gasteiger charge is 2.27. The Bertz CT molecular complexity index is 949. The third-order valence-corrected chi connectivity index (χ3v) is 6.71. The number of rotatable bonds is 4. The molecule has 0 aromatic heterocycles. The number of benzene rings is 2. The molecule has 1 amide bonds. The molecule has 1 fully saturated rings. The summed E-state index contributed by atoms with van der Waals surface area (Å²) in [5.41, 5.74) is 3.01. The molecule has 1 N–H and O–H groups in total. The molecule has 1 aliphatic rings. The fourth-order valence-electron chi connectivity index (χ4n) is 3.18. The number of sulfonamides is 1. The Kier molecular flexibility index (Phi) is 5.64. The zero-order valence-corrected chi connectivity index (χ0v) is 16.7. The van der Waals surface area contributed by atoms with E-state index in [0.29, 0.717) is 37.4 Å². The van der Waals surface area contributed by atoms with Gasteiger partial charge < -0.3 is 10.2 Å². The number of nitrogens with zero attached hydrogens (tertiary/aromatic N) is 2. The minimum atomic E-state index is -3.57. The maximum Gasteiger partial charge on any atom is 0.255 e. The van der Waals surface area contributed by atoms with Crippen LogP contribution in [-0.2, 0) is 10.0 Å². The number of likely N-dealkylation sites (N-methyl/N-ethyl adjacent to an activating group) is 1. The van der Waals surface area contributed by atoms with E-state index in [1.807, 2.05) is 33.0 Å². The van der Waals surface area contributed by atoms with Crippen molar-refractivity contribution < 1.29 is 13.2 Å². The molecule has 1 saturated heterocycles. The van der Waals surface area contributed by atoms with Crippen molar-refractivity contribution in [3.05, 3.63) is 59.2 Å². The summed E-state index contributed by atoms with van der Waals surface area (Å²) in [5, 5.41) is 2.81. The lowest BCUT2D eigenvalue weighted by molar-refractivity contribution is 0.102. The predicted octanol–water partition coefficient (Wildman–Crippen LogP) is 2.49. The van der Waals surface area contributed by atoms with Crippen molar-refractivity contribution in [2.45, 2.75) is 18.7 Å². The molecular weight excluding hydrogens is 362 g/mol. The summed E-state index contributed by atoms with van der Waals surface area (Å²) in [7, 11) is -1.59. The van der Waals surface area contributed by atoms with E-state index in [4.69, 9.17) is 0 Å². The average Bonchev–Trinajstić information content (AvgIpc) is 2.62. The number of anilines is 1. The molecule has 6 nitrogen and oxygen atoms in total. The average molecular weight is 388 g/mol. The number of amides is 1. The quantitative estimate of drug-likeness (QED) is 0.875. The van der Waals surface area contributed by atoms with Crippen molar-refractivity contribution in [2.24, 2.45) is 0 Å². The zero-order valence-electron chi connectivity index (χ0n) is 15.9. The monoisotopic (exact) mass is 387 g/mol. The van der Waals surface area contributed by atoms with E-state index in [1.54, 1.807) is 24.3 Å². The van der Waals surface area contributed by atoms with Crippen LogP contribution in [0.1, 0.15) is 21.5 Å². The molecule has 0 spiro atoms. The Morgan fingerprint density at radius 1 is 1.00 bits per heavy atom. The minimum Gasteiger partial charge on any atom is -0.322 e. The van der Waals surface area contributed by atoms with Gasteiger partial charge in [0, 0.05) is 37.4 Å². The van der Waals surface area contributed by atoms with E-state index >= 15 is 0 Å². The lowest BCUT2D eigenvalue weighted by Crippen LogP contribution is -2.47. The molecular formula is C20H25N3O3S. The zero-order chi connectivity index (χ0) is 19.6. The molecule has 0 bridgehead atoms. The van der Waals surface area contributed by atoms with Crippen molar-refractivity contribution >= 4 is 21.6 Å². The highest BCUT2D eigenvalue weighted by atomic mass is 32.2. The standard InChI is InChI=1S/C20H25N3O3S/c1-15-7-8-19(16(2)13-15)20(24)21-17-5-4-6-18(14-17)27(25,26)23-11-9-22(3)10-12-23/h4-8,13-14H,9-12H2,1-3H3,(H,21,24). The second-order valence-electron chi connectivity index (χ2n) is 7.01. The first-order valence-electron chi connectivity index (χ1n) is 8.95. The topological polar surface area (TPSA) is 69.7 Å². The van der Waals surface area contributed by atoms with E-state index < -0.39 is 10.0 Å². The number of carbonyl (C=O) groups is 1. The van der Waals surface area contributed by atoms with Crippen molar-refractivity contribution in [2.75, 3.05) is 38.5 Å². The van der Waals surface area contributed by atoms with Crippen LogP contribution in [0.5, 0.6) is 0 Å². The van der Waals surface area contributed by atoms with Crippen LogP contribution < -0.4 is 5.32 Å². The largest absolute Gasteiger partial charge is 0.322 e. The van der Waals surface area contributed by atoms with Gasteiger partial charge in [-0.1, -0.05) is 23.8 Å². The van der Waals surface area contributed by atoms with E-state index in [2.05, 4.69) is 10.2 Å². The molecule has 144 valence electrons. The van der Waals surface area contributed by atoms with Gasteiger partial charge in [-0.05, 0) is 50.7 Å². The van der Waals surface area contributed by atoms with E-state index in [-0.39, 0.29) is 10.8 Å². The second kappa shape index (κ2) is 7.80. The number of hydrogen-bond acceptors (Lipinski definition) is 4. The highest BCUT2D eigenvalue weighted by molar-refractivity contribution is 7.89. The first-order chi connectivity index (χ1) is 12.8. The summed E-state index contributed by atoms with van der Waals surface area (Å²) < 4.78 is 27.3. The lowest BCUT2D eigenvalue weighted by atomic mass is 10.1. The van der Waals surface area contributed by atoms with Crippen LogP contribution in [0.4, 0.5) is 5.69 Å². The first-order valence-corrected chi connectivity index (χ1v) is 10.4. The maximum absolute atomic E-state index is 12.9. The second-order valence-corrected chi connectivity index (χ2v) is 8.95. The van der Waals surface area contributed by atoms with E-state index in [1.165, 1.54) is 10.4 Å². The normalized spacial score (nSPS) is 16.3. The van der Waals surface area contributed by atoms with Crippen LogP contribution in [0, 0.1) is 13.8 Å². The Morgan fingerprint density at radius 2 is 1.70 bits per heavy atom. The maximum atomic E-state index is 12.9. The smallest absolute Gasteiger partial charge is 0.255 e. The van der Waals surface area contributed by atoms with Gasteiger partial charge in [0.15, 0.2) is 0 Å². The molecule has 1 heterocycles. The lowest BCUT2D eigenvalue weighted by Gasteiger charge is -2.31. The van der Waals surface area contributed by atoms with Crippen LogP contribution in [0.2, 0.25) is 0 Å². The summed E-state index contributed by atoms with van der Waals surface area (Å²) in [6, 6.07) is 12.1. The summed E-state index contributed by atoms with van der Waals surface area (Å²) in [5.74, 6) is -0.248. The molecule has 0 saturated carbocycles. The molecule has 1 aliphatic heterocycles. The van der Waals surface area contributed by atoms with Gasteiger partial charge >= 0.3 is 0 Å². The summed E-state index contributed by atoms with van der Waals surface area (Å²) in [6.45, 7) is 6.22. The number of nitrogens with one attached hydrogen (secondary N) is 1. The van der Waals surface area contributed by atoms with E-state index in [9.17, 15) is 13.2 Å². The number of hydrogen-bond donors (Lipinski definition) is 1. The van der Waals surface area contributed by atoms with Gasteiger partial charge in [-0.3, -0.25) is 4.79 Å². The molecule has 3 rings (SSSR count). The van der Waals surface area contributed by atoms with Gasteiger partial charge in [0.25, 0.3) is 5.91 Å². The van der Waals surface area contributed by atoms with Gasteiger partial charge in [-0.15, -0.1) is 0 Å². The van der Waals surface area contributed by atoms with Crippen molar-refractivity contribution in [3.63, 3.8) is 0 Å². The molecule has 0 atom stereocenters. The summed E-state index contributed by atoms with van der Waals surface area (Å²) in [6.07, 6.45) is 0. The first kappa shape index (κ1) is 19.5. The van der Waals surface area contributed by atoms with E-state index in [0.717, 1.165) is 11.1 Å². The third-order valence-electron chi connectivity index (χ3n) is 4.82. The van der Waals surface area contributed by atoms with Crippen molar-refractivity contribution in [1.82, 2.24) is 9.21 Å². The van der Waals surface area contributed by atoms with Crippen LogP contribution in [0.3, 0.4) is 0 Å². The Labute approximate surface area is 160 Å². The van der Waals surface area contributed by atoms with Crippen LogP contribution in [0.15, 0.2) is 47.4 Å². The summed E-state index contributed by atoms with van der Waals surface area (Å²) in [4.78, 5) is 14.9. The van der Waals surface area contributed by atoms with Gasteiger partial charge in [0.1, 0.15) is 0 Å². The Morgan fingerprint density at radius 3 is 2.37 bits per heavy atom. The van der Waals surface area contributed by atoms with Crippen LogP contribution in [-0.4, -0.2) is 56.8 Å². The molecule has 2 aromatic rings. The summed E-state index contributed by atoms with van der Waals surface area (Å²) >= 11 is 0. The third kappa shape index (κ3) is 4.37. The van der Waals surface area contributed by atoms with Crippen LogP contribution in [0.25, 0.3) is 0 Å². The minimum absolute atomic E-state index is 0.200. The Hall–Kier alpha value is -2.22. The van der Waals surface area contributed by atoms with Crippen LogP contribution >= 0.6 is 0 Å². The number of piperazine rings is 1. The fourth-order valence-corrected chi connectivity index (χ4v) is 4.65. The highest BCUT2D eigenvalue weighted by Crippen LogP contribution is 2.22. The van der Waals surface area contributed by atoms with Gasteiger partial charge in [-0.25, -0.2) is 8.42 Å². The Balaban J connectivity index is 1.80. The van der Waals surface area contributed by atoms with Crippen molar-refractivity contribution in [1.29, 1.82) is 0 Å². The number of aryl methyl sites for hydroxylation is 2. The molecule has 2 aromatic carbocycles. The SMILES string of the molecule is Cc1ccc(C(=O)Nc2cccc(S(=O)(=O)N3CCN(C)CC3)c2)c(C)c1. The molecule has 0 radical (unpaired) electrons. The molecule has 7 heteroatoms. The predicted molar refractivity (Wildman–Crippen MR) is 107 cm³/mol.